The Morgan fingerprint density at radius 1 is 0.630 bits per heavy atom. The second-order valence-electron chi connectivity index (χ2n) is 8.03. The van der Waals surface area contributed by atoms with Gasteiger partial charge in [0.1, 0.15) is 13.1 Å². The molecule has 0 rings (SSSR count). The third-order valence-electron chi connectivity index (χ3n) is 5.65. The fourth-order valence-electron chi connectivity index (χ4n) is 3.95. The molecule has 0 saturated heterocycles. The van der Waals surface area contributed by atoms with Crippen LogP contribution in [0.3, 0.4) is 0 Å². The third-order valence-corrected chi connectivity index (χ3v) is 5.65. The summed E-state index contributed by atoms with van der Waals surface area (Å²) in [5, 5.41) is 18.7. The number of quaternary nitrogens is 1. The van der Waals surface area contributed by atoms with Crippen molar-refractivity contribution < 1.29 is 27.1 Å². The van der Waals surface area contributed by atoms with Gasteiger partial charge in [0.15, 0.2) is 0 Å². The summed E-state index contributed by atoms with van der Waals surface area (Å²) in [7, 11) is 0. The van der Waals surface area contributed by atoms with E-state index in [0.29, 0.717) is 0 Å². The molecule has 0 aliphatic carbocycles. The van der Waals surface area contributed by atoms with Crippen LogP contribution in [0.5, 0.6) is 0 Å². The van der Waals surface area contributed by atoms with E-state index in [2.05, 4.69) is 13.5 Å². The van der Waals surface area contributed by atoms with E-state index in [1.807, 2.05) is 6.08 Å². The van der Waals surface area contributed by atoms with E-state index in [0.717, 1.165) is 30.7 Å². The maximum atomic E-state index is 9.34. The van der Waals surface area contributed by atoms with E-state index in [9.17, 15) is 10.2 Å². The van der Waals surface area contributed by atoms with Gasteiger partial charge in [-0.15, -0.1) is 0 Å². The van der Waals surface area contributed by atoms with Gasteiger partial charge in [0, 0.05) is 0 Å². The minimum Gasteiger partial charge on any atom is -1.00 e. The van der Waals surface area contributed by atoms with Crippen molar-refractivity contribution in [3.63, 3.8) is 0 Å². The van der Waals surface area contributed by atoms with Gasteiger partial charge in [0.05, 0.1) is 26.3 Å². The van der Waals surface area contributed by atoms with Crippen molar-refractivity contribution in [1.29, 1.82) is 0 Å². The molecule has 0 aliphatic heterocycles. The van der Waals surface area contributed by atoms with Crippen LogP contribution in [0.15, 0.2) is 12.7 Å². The summed E-state index contributed by atoms with van der Waals surface area (Å²) in [5.41, 5.74) is 0. The first-order valence-corrected chi connectivity index (χ1v) is 11.4. The lowest BCUT2D eigenvalue weighted by molar-refractivity contribution is -0.923. The van der Waals surface area contributed by atoms with E-state index in [1.54, 1.807) is 0 Å². The smallest absolute Gasteiger partial charge is 0.102 e. The molecule has 0 saturated carbocycles. The van der Waals surface area contributed by atoms with Crippen LogP contribution in [0.25, 0.3) is 0 Å². The molecule has 0 unspecified atom stereocenters. The van der Waals surface area contributed by atoms with Crippen molar-refractivity contribution in [2.45, 2.75) is 96.8 Å². The predicted octanol–water partition coefficient (Wildman–Crippen LogP) is 2.46. The molecule has 0 atom stereocenters. The summed E-state index contributed by atoms with van der Waals surface area (Å²) in [6.45, 7) is 9.85. The number of halogens is 1. The van der Waals surface area contributed by atoms with Gasteiger partial charge >= 0.3 is 0 Å². The summed E-state index contributed by atoms with van der Waals surface area (Å²) < 4.78 is 0.786. The highest BCUT2D eigenvalue weighted by atomic mass is 35.5. The van der Waals surface area contributed by atoms with Crippen LogP contribution >= 0.6 is 0 Å². The topological polar surface area (TPSA) is 40.5 Å². The van der Waals surface area contributed by atoms with Crippen LogP contribution in [0, 0.1) is 0 Å². The highest BCUT2D eigenvalue weighted by Gasteiger charge is 2.24. The number of rotatable bonds is 21. The zero-order valence-electron chi connectivity index (χ0n) is 18.1. The third kappa shape index (κ3) is 17.7. The van der Waals surface area contributed by atoms with Gasteiger partial charge in [-0.1, -0.05) is 90.6 Å². The monoisotopic (exact) mass is 405 g/mol. The molecular weight excluding hydrogens is 358 g/mol. The molecule has 0 heterocycles. The second-order valence-corrected chi connectivity index (χ2v) is 8.03. The van der Waals surface area contributed by atoms with Gasteiger partial charge in [-0.2, -0.15) is 0 Å². The molecule has 0 spiro atoms. The van der Waals surface area contributed by atoms with Crippen molar-refractivity contribution >= 4 is 0 Å². The van der Waals surface area contributed by atoms with Crippen LogP contribution < -0.4 is 12.4 Å². The molecule has 3 nitrogen and oxygen atoms in total. The summed E-state index contributed by atoms with van der Waals surface area (Å²) in [6.07, 6.45) is 21.2. The van der Waals surface area contributed by atoms with E-state index >= 15 is 0 Å². The molecule has 0 aromatic carbocycles. The summed E-state index contributed by atoms with van der Waals surface area (Å²) >= 11 is 0. The molecule has 27 heavy (non-hydrogen) atoms. The van der Waals surface area contributed by atoms with Crippen LogP contribution in [0.2, 0.25) is 0 Å². The van der Waals surface area contributed by atoms with Crippen LogP contribution in [0.1, 0.15) is 96.8 Å². The minimum atomic E-state index is 0. The summed E-state index contributed by atoms with van der Waals surface area (Å²) in [6, 6.07) is 0. The van der Waals surface area contributed by atoms with Crippen molar-refractivity contribution in [2.75, 3.05) is 39.4 Å². The standard InChI is InChI=1S/C23H48NO2.ClH/c1-3-5-6-7-8-9-10-11-12-13-14-15-16-17-19-24(18-4-2,20-22-25)21-23-26;/h4,25-26H,2-3,5-23H2,1H3;1H/q+1;/p-1. The average Bonchev–Trinajstić information content (AvgIpc) is 2.63. The average molecular weight is 406 g/mol. The first kappa shape index (κ1) is 29.1. The largest absolute Gasteiger partial charge is 1.00 e. The molecule has 0 aromatic rings. The predicted molar refractivity (Wildman–Crippen MR) is 114 cm³/mol. The Morgan fingerprint density at radius 3 is 1.33 bits per heavy atom. The van der Waals surface area contributed by atoms with E-state index in [1.165, 1.54) is 89.9 Å². The molecule has 164 valence electrons. The van der Waals surface area contributed by atoms with Crippen molar-refractivity contribution in [2.24, 2.45) is 0 Å². The maximum Gasteiger partial charge on any atom is 0.102 e. The molecular formula is C23H48ClNO2. The number of hydrogen-bond donors (Lipinski definition) is 2. The highest BCUT2D eigenvalue weighted by molar-refractivity contribution is 4.66. The molecule has 0 aliphatic rings. The Balaban J connectivity index is 0. The second kappa shape index (κ2) is 22.2. The summed E-state index contributed by atoms with van der Waals surface area (Å²) in [4.78, 5) is 0. The van der Waals surface area contributed by atoms with E-state index in [4.69, 9.17) is 0 Å². The molecule has 0 aromatic heterocycles. The molecule has 0 radical (unpaired) electrons. The molecule has 0 fully saturated rings. The van der Waals surface area contributed by atoms with Crippen molar-refractivity contribution in [3.05, 3.63) is 12.7 Å². The van der Waals surface area contributed by atoms with Crippen LogP contribution in [-0.4, -0.2) is 54.1 Å². The lowest BCUT2D eigenvalue weighted by Crippen LogP contribution is -3.00. The maximum absolute atomic E-state index is 9.34. The van der Waals surface area contributed by atoms with Crippen molar-refractivity contribution in [3.8, 4) is 0 Å². The normalized spacial score (nSPS) is 11.4. The Morgan fingerprint density at radius 2 is 1.00 bits per heavy atom. The SMILES string of the molecule is C=CC[N+](CCO)(CCO)CCCCCCCCCCCCCCCC.[Cl-]. The van der Waals surface area contributed by atoms with Crippen LogP contribution in [0.4, 0.5) is 0 Å². The Labute approximate surface area is 176 Å². The van der Waals surface area contributed by atoms with Gasteiger partial charge in [-0.3, -0.25) is 0 Å². The number of unbranched alkanes of at least 4 members (excludes halogenated alkanes) is 13. The van der Waals surface area contributed by atoms with E-state index < -0.39 is 0 Å². The minimum absolute atomic E-state index is 0. The van der Waals surface area contributed by atoms with Crippen LogP contribution in [-0.2, 0) is 0 Å². The number of hydrogen-bond acceptors (Lipinski definition) is 2. The van der Waals surface area contributed by atoms with Gasteiger partial charge in [-0.25, -0.2) is 0 Å². The Bertz CT molecular complexity index is 294. The van der Waals surface area contributed by atoms with E-state index in [-0.39, 0.29) is 25.6 Å². The van der Waals surface area contributed by atoms with Gasteiger partial charge in [0.25, 0.3) is 0 Å². The van der Waals surface area contributed by atoms with Crippen molar-refractivity contribution in [1.82, 2.24) is 0 Å². The zero-order valence-corrected chi connectivity index (χ0v) is 18.9. The molecule has 4 heteroatoms. The quantitative estimate of drug-likeness (QED) is 0.175. The number of aliphatic hydroxyl groups is 2. The molecule has 0 bridgehead atoms. The molecule has 2 N–H and O–H groups in total. The Hall–Kier alpha value is -0.0900. The number of aliphatic hydroxyl groups excluding tert-OH is 2. The van der Waals surface area contributed by atoms with Gasteiger partial charge < -0.3 is 27.1 Å². The number of nitrogens with zero attached hydrogens (tertiary/aromatic N) is 1. The highest BCUT2D eigenvalue weighted by Crippen LogP contribution is 2.15. The lowest BCUT2D eigenvalue weighted by atomic mass is 10.0. The summed E-state index contributed by atoms with van der Waals surface area (Å²) in [5.74, 6) is 0. The lowest BCUT2D eigenvalue weighted by Gasteiger charge is -2.37. The Kier molecular flexibility index (Phi) is 23.9. The van der Waals surface area contributed by atoms with Gasteiger partial charge in [-0.05, 0) is 18.9 Å². The van der Waals surface area contributed by atoms with Gasteiger partial charge in [0.2, 0.25) is 0 Å². The fourth-order valence-corrected chi connectivity index (χ4v) is 3.95. The fraction of sp³-hybridized carbons (Fsp3) is 0.913. The zero-order chi connectivity index (χ0) is 19.3. The first-order valence-electron chi connectivity index (χ1n) is 11.4. The first-order chi connectivity index (χ1) is 12.7. The molecule has 0 amide bonds.